The van der Waals surface area contributed by atoms with Gasteiger partial charge in [0, 0.05) is 12.6 Å². The van der Waals surface area contributed by atoms with Crippen LogP contribution >= 0.6 is 0 Å². The maximum absolute atomic E-state index is 12.6. The second-order valence-electron chi connectivity index (χ2n) is 6.31. The van der Waals surface area contributed by atoms with Gasteiger partial charge in [0.25, 0.3) is 10.2 Å². The van der Waals surface area contributed by atoms with Gasteiger partial charge in [0.2, 0.25) is 0 Å². The summed E-state index contributed by atoms with van der Waals surface area (Å²) in [6.45, 7) is 2.37. The lowest BCUT2D eigenvalue weighted by Gasteiger charge is -2.34. The number of hydrogen-bond acceptors (Lipinski definition) is 3. The summed E-state index contributed by atoms with van der Waals surface area (Å²) in [5, 5.41) is 9.24. The Morgan fingerprint density at radius 3 is 2.48 bits per heavy atom. The van der Waals surface area contributed by atoms with Crippen LogP contribution in [0.2, 0.25) is 0 Å². The smallest absolute Gasteiger partial charge is 0.322 e. The van der Waals surface area contributed by atoms with Gasteiger partial charge in [0.05, 0.1) is 0 Å². The van der Waals surface area contributed by atoms with Gasteiger partial charge in [-0.15, -0.1) is 0 Å². The standard InChI is InChI=1S/C14H26N2O4S/c1-11-7-3-2-4-8-12(11)15-21(19,20)16-10-6-5-9-13(16)14(17)18/h11-13,15H,2-10H2,1H3,(H,17,18). The molecule has 2 aliphatic rings. The molecule has 0 aromatic carbocycles. The van der Waals surface area contributed by atoms with Crippen molar-refractivity contribution in [2.75, 3.05) is 6.54 Å². The Bertz CT molecular complexity index is 466. The van der Waals surface area contributed by atoms with Crippen molar-refractivity contribution in [1.29, 1.82) is 0 Å². The molecule has 1 saturated heterocycles. The summed E-state index contributed by atoms with van der Waals surface area (Å²) in [4.78, 5) is 11.3. The fourth-order valence-corrected chi connectivity index (χ4v) is 5.13. The van der Waals surface area contributed by atoms with Crippen LogP contribution in [0.1, 0.15) is 58.3 Å². The molecule has 7 heteroatoms. The van der Waals surface area contributed by atoms with E-state index in [-0.39, 0.29) is 6.04 Å². The summed E-state index contributed by atoms with van der Waals surface area (Å²) in [5.74, 6) is -0.746. The molecule has 1 saturated carbocycles. The Balaban J connectivity index is 2.10. The van der Waals surface area contributed by atoms with Crippen LogP contribution in [0.3, 0.4) is 0 Å². The molecule has 3 atom stereocenters. The van der Waals surface area contributed by atoms with E-state index in [0.717, 1.165) is 49.3 Å². The highest BCUT2D eigenvalue weighted by Crippen LogP contribution is 2.25. The van der Waals surface area contributed by atoms with Gasteiger partial charge in [-0.3, -0.25) is 4.79 Å². The van der Waals surface area contributed by atoms with E-state index in [1.54, 1.807) is 0 Å². The first-order valence-electron chi connectivity index (χ1n) is 7.93. The zero-order valence-corrected chi connectivity index (χ0v) is 13.4. The maximum Gasteiger partial charge on any atom is 0.322 e. The van der Waals surface area contributed by atoms with Gasteiger partial charge in [-0.2, -0.15) is 17.4 Å². The molecule has 0 aromatic heterocycles. The normalized spacial score (nSPS) is 32.5. The van der Waals surface area contributed by atoms with E-state index in [1.807, 2.05) is 0 Å². The van der Waals surface area contributed by atoms with Crippen LogP contribution in [0.15, 0.2) is 0 Å². The molecule has 1 aliphatic heterocycles. The van der Waals surface area contributed by atoms with Gasteiger partial charge in [-0.25, -0.2) is 0 Å². The van der Waals surface area contributed by atoms with Crippen LogP contribution in [-0.2, 0) is 15.0 Å². The fourth-order valence-electron chi connectivity index (χ4n) is 3.37. The zero-order chi connectivity index (χ0) is 15.5. The Morgan fingerprint density at radius 2 is 1.76 bits per heavy atom. The van der Waals surface area contributed by atoms with E-state index in [0.29, 0.717) is 18.9 Å². The van der Waals surface area contributed by atoms with Crippen molar-refractivity contribution >= 4 is 16.2 Å². The molecule has 0 radical (unpaired) electrons. The minimum Gasteiger partial charge on any atom is -0.480 e. The first kappa shape index (κ1) is 16.7. The molecule has 0 spiro atoms. The summed E-state index contributed by atoms with van der Waals surface area (Å²) >= 11 is 0. The van der Waals surface area contributed by atoms with E-state index in [9.17, 15) is 18.3 Å². The molecular formula is C14H26N2O4S. The average molecular weight is 318 g/mol. The Labute approximate surface area is 127 Å². The molecule has 2 fully saturated rings. The minimum atomic E-state index is -3.72. The Morgan fingerprint density at radius 1 is 1.10 bits per heavy atom. The average Bonchev–Trinajstić information content (AvgIpc) is 2.64. The molecule has 1 heterocycles. The first-order valence-corrected chi connectivity index (χ1v) is 9.38. The van der Waals surface area contributed by atoms with Crippen molar-refractivity contribution in [3.63, 3.8) is 0 Å². The summed E-state index contributed by atoms with van der Waals surface area (Å²) < 4.78 is 29.1. The number of carbonyl (C=O) groups is 1. The first-order chi connectivity index (χ1) is 9.92. The van der Waals surface area contributed by atoms with Gasteiger partial charge in [-0.1, -0.05) is 26.2 Å². The minimum absolute atomic E-state index is 0.0751. The molecule has 2 N–H and O–H groups in total. The third kappa shape index (κ3) is 4.17. The van der Waals surface area contributed by atoms with Crippen molar-refractivity contribution in [1.82, 2.24) is 9.03 Å². The maximum atomic E-state index is 12.6. The molecule has 3 unspecified atom stereocenters. The van der Waals surface area contributed by atoms with Crippen LogP contribution in [0.4, 0.5) is 0 Å². The summed E-state index contributed by atoms with van der Waals surface area (Å²) in [6.07, 6.45) is 7.07. The second kappa shape index (κ2) is 7.07. The number of carboxylic acids is 1. The SMILES string of the molecule is CC1CCCCCC1NS(=O)(=O)N1CCCCC1C(=O)O. The highest BCUT2D eigenvalue weighted by Gasteiger charge is 2.38. The van der Waals surface area contributed by atoms with Crippen molar-refractivity contribution in [3.8, 4) is 0 Å². The number of aliphatic carboxylic acids is 1. The van der Waals surface area contributed by atoms with Crippen molar-refractivity contribution in [3.05, 3.63) is 0 Å². The Hall–Kier alpha value is -0.660. The molecule has 0 aromatic rings. The number of nitrogens with zero attached hydrogens (tertiary/aromatic N) is 1. The molecule has 1 aliphatic carbocycles. The predicted octanol–water partition coefficient (Wildman–Crippen LogP) is 1.73. The number of nitrogens with one attached hydrogen (secondary N) is 1. The third-order valence-electron chi connectivity index (χ3n) is 4.71. The summed E-state index contributed by atoms with van der Waals surface area (Å²) in [5.41, 5.74) is 0. The quantitative estimate of drug-likeness (QED) is 0.773. The second-order valence-corrected chi connectivity index (χ2v) is 7.96. The molecule has 21 heavy (non-hydrogen) atoms. The summed E-state index contributed by atoms with van der Waals surface area (Å²) in [6, 6.07) is -0.994. The van der Waals surface area contributed by atoms with Gasteiger partial charge in [0.1, 0.15) is 6.04 Å². The molecule has 0 amide bonds. The van der Waals surface area contributed by atoms with E-state index in [4.69, 9.17) is 0 Å². The molecule has 122 valence electrons. The van der Waals surface area contributed by atoms with Crippen LogP contribution in [0.25, 0.3) is 0 Å². The monoisotopic (exact) mass is 318 g/mol. The van der Waals surface area contributed by atoms with Gasteiger partial charge < -0.3 is 5.11 Å². The van der Waals surface area contributed by atoms with Gasteiger partial charge in [0.15, 0.2) is 0 Å². The highest BCUT2D eigenvalue weighted by molar-refractivity contribution is 7.87. The lowest BCUT2D eigenvalue weighted by atomic mass is 9.98. The van der Waals surface area contributed by atoms with E-state index >= 15 is 0 Å². The number of carboxylic acid groups (broad SMARTS) is 1. The third-order valence-corrected chi connectivity index (χ3v) is 6.36. The molecule has 2 rings (SSSR count). The van der Waals surface area contributed by atoms with Crippen LogP contribution in [-0.4, -0.2) is 42.4 Å². The number of piperidine rings is 1. The molecule has 0 bridgehead atoms. The summed E-state index contributed by atoms with van der Waals surface area (Å²) in [7, 11) is -3.72. The van der Waals surface area contributed by atoms with E-state index in [1.165, 1.54) is 0 Å². The number of hydrogen-bond donors (Lipinski definition) is 2. The van der Waals surface area contributed by atoms with Gasteiger partial charge in [-0.05, 0) is 38.0 Å². The lowest BCUT2D eigenvalue weighted by molar-refractivity contribution is -0.142. The van der Waals surface area contributed by atoms with Gasteiger partial charge >= 0.3 is 5.97 Å². The van der Waals surface area contributed by atoms with Crippen LogP contribution in [0, 0.1) is 5.92 Å². The number of rotatable bonds is 4. The van der Waals surface area contributed by atoms with Crippen LogP contribution in [0.5, 0.6) is 0 Å². The highest BCUT2D eigenvalue weighted by atomic mass is 32.2. The largest absolute Gasteiger partial charge is 0.480 e. The lowest BCUT2D eigenvalue weighted by Crippen LogP contribution is -2.54. The Kier molecular flexibility index (Phi) is 5.62. The van der Waals surface area contributed by atoms with Crippen LogP contribution < -0.4 is 4.72 Å². The van der Waals surface area contributed by atoms with Crippen molar-refractivity contribution in [2.24, 2.45) is 5.92 Å². The van der Waals surface area contributed by atoms with Crippen molar-refractivity contribution < 1.29 is 18.3 Å². The predicted molar refractivity (Wildman–Crippen MR) is 80.1 cm³/mol. The van der Waals surface area contributed by atoms with Crippen molar-refractivity contribution in [2.45, 2.75) is 70.4 Å². The fraction of sp³-hybridized carbons (Fsp3) is 0.929. The molecular weight excluding hydrogens is 292 g/mol. The van der Waals surface area contributed by atoms with E-state index in [2.05, 4.69) is 11.6 Å². The zero-order valence-electron chi connectivity index (χ0n) is 12.6. The van der Waals surface area contributed by atoms with E-state index < -0.39 is 22.2 Å². The molecule has 6 nitrogen and oxygen atoms in total. The topological polar surface area (TPSA) is 86.7 Å².